The topological polar surface area (TPSA) is 66.8 Å². The van der Waals surface area contributed by atoms with E-state index >= 15 is 0 Å². The molecule has 2 atom stereocenters. The van der Waals surface area contributed by atoms with Crippen LogP contribution in [0.2, 0.25) is 0 Å². The molecule has 1 fully saturated rings. The highest BCUT2D eigenvalue weighted by molar-refractivity contribution is 5.78. The Bertz CT molecular complexity index is 319. The summed E-state index contributed by atoms with van der Waals surface area (Å²) in [6.45, 7) is 11.0. The van der Waals surface area contributed by atoms with Gasteiger partial charge in [-0.3, -0.25) is 0 Å². The first kappa shape index (κ1) is 14.5. The fourth-order valence-corrected chi connectivity index (χ4v) is 3.05. The second-order valence-corrected chi connectivity index (χ2v) is 6.51. The van der Waals surface area contributed by atoms with Crippen LogP contribution in [0.3, 0.4) is 0 Å². The molecule has 1 aliphatic rings. The summed E-state index contributed by atoms with van der Waals surface area (Å²) >= 11 is 0. The second kappa shape index (κ2) is 3.95. The molecule has 0 saturated carbocycles. The quantitative estimate of drug-likeness (QED) is 0.797. The van der Waals surface area contributed by atoms with Crippen molar-refractivity contribution in [2.75, 3.05) is 0 Å². The van der Waals surface area contributed by atoms with Crippen molar-refractivity contribution in [2.24, 2.45) is 11.8 Å². The number of aliphatic hydroxyl groups is 1. The minimum atomic E-state index is -1.74. The van der Waals surface area contributed by atoms with Crippen LogP contribution in [-0.4, -0.2) is 33.0 Å². The Morgan fingerprint density at radius 2 is 1.82 bits per heavy atom. The molecule has 1 saturated heterocycles. The normalized spacial score (nSPS) is 30.2. The van der Waals surface area contributed by atoms with Gasteiger partial charge in [0.05, 0.1) is 11.2 Å². The Morgan fingerprint density at radius 1 is 1.35 bits per heavy atom. The fraction of sp³-hybridized carbons (Fsp3) is 0.923. The van der Waals surface area contributed by atoms with Crippen LogP contribution in [0.15, 0.2) is 0 Å². The molecule has 0 amide bonds. The number of ether oxygens (including phenoxy) is 1. The summed E-state index contributed by atoms with van der Waals surface area (Å²) in [6.07, 6.45) is 0.543. The van der Waals surface area contributed by atoms with E-state index in [2.05, 4.69) is 0 Å². The fourth-order valence-electron chi connectivity index (χ4n) is 3.05. The third kappa shape index (κ3) is 2.33. The molecule has 1 heterocycles. The number of rotatable bonds is 3. The molecule has 0 aromatic heterocycles. The van der Waals surface area contributed by atoms with Crippen molar-refractivity contribution in [3.63, 3.8) is 0 Å². The zero-order valence-electron chi connectivity index (χ0n) is 11.6. The van der Waals surface area contributed by atoms with Crippen molar-refractivity contribution in [3.8, 4) is 0 Å². The molecule has 17 heavy (non-hydrogen) atoms. The third-order valence-corrected chi connectivity index (χ3v) is 3.83. The average molecular weight is 244 g/mol. The molecule has 2 N–H and O–H groups in total. The summed E-state index contributed by atoms with van der Waals surface area (Å²) in [7, 11) is 0. The number of hydrogen-bond donors (Lipinski definition) is 2. The van der Waals surface area contributed by atoms with Gasteiger partial charge in [0.25, 0.3) is 0 Å². The lowest BCUT2D eigenvalue weighted by Gasteiger charge is -2.39. The first-order chi connectivity index (χ1) is 7.43. The molecule has 1 aliphatic heterocycles. The van der Waals surface area contributed by atoms with E-state index in [1.165, 1.54) is 0 Å². The molecular formula is C13H24O4. The Kier molecular flexibility index (Phi) is 3.36. The Balaban J connectivity index is 3.18. The van der Waals surface area contributed by atoms with Crippen LogP contribution in [-0.2, 0) is 9.53 Å². The molecule has 4 heteroatoms. The molecule has 1 rings (SSSR count). The minimum absolute atomic E-state index is 0.359. The van der Waals surface area contributed by atoms with Gasteiger partial charge in [-0.25, -0.2) is 4.79 Å². The predicted octanol–water partition coefficient (Wildman–Crippen LogP) is 2.05. The van der Waals surface area contributed by atoms with Crippen molar-refractivity contribution < 1.29 is 19.7 Å². The average Bonchev–Trinajstić information content (AvgIpc) is 2.32. The lowest BCUT2D eigenvalue weighted by atomic mass is 9.69. The molecule has 0 radical (unpaired) electrons. The van der Waals surface area contributed by atoms with E-state index in [1.807, 2.05) is 27.7 Å². The van der Waals surface area contributed by atoms with Crippen molar-refractivity contribution in [1.29, 1.82) is 0 Å². The molecule has 100 valence electrons. The maximum absolute atomic E-state index is 11.4. The van der Waals surface area contributed by atoms with Gasteiger partial charge in [-0.2, -0.15) is 0 Å². The van der Waals surface area contributed by atoms with E-state index in [9.17, 15) is 15.0 Å². The minimum Gasteiger partial charge on any atom is -0.479 e. The Hall–Kier alpha value is -0.610. The molecule has 0 aromatic rings. The van der Waals surface area contributed by atoms with Crippen LogP contribution >= 0.6 is 0 Å². The van der Waals surface area contributed by atoms with Crippen molar-refractivity contribution in [1.82, 2.24) is 0 Å². The summed E-state index contributed by atoms with van der Waals surface area (Å²) in [6, 6.07) is 0. The van der Waals surface area contributed by atoms with Crippen LogP contribution in [0.25, 0.3) is 0 Å². The van der Waals surface area contributed by atoms with Gasteiger partial charge in [-0.15, -0.1) is 0 Å². The van der Waals surface area contributed by atoms with Crippen molar-refractivity contribution in [2.45, 2.75) is 64.8 Å². The zero-order chi connectivity index (χ0) is 13.6. The van der Waals surface area contributed by atoms with Crippen molar-refractivity contribution >= 4 is 5.97 Å². The number of carboxylic acid groups (broad SMARTS) is 1. The number of aliphatic carboxylic acids is 1. The van der Waals surface area contributed by atoms with Gasteiger partial charge in [-0.05, 0) is 40.0 Å². The molecular weight excluding hydrogens is 220 g/mol. The Labute approximate surface area is 103 Å². The standard InChI is InChI=1S/C13H24O4/c1-8(2)13(16,10(14)15)9-7-11(3,4)17-12(9,5)6/h8-9,16H,7H2,1-6H3,(H,14,15). The van der Waals surface area contributed by atoms with Crippen molar-refractivity contribution in [3.05, 3.63) is 0 Å². The van der Waals surface area contributed by atoms with Gasteiger partial charge < -0.3 is 14.9 Å². The zero-order valence-corrected chi connectivity index (χ0v) is 11.6. The summed E-state index contributed by atoms with van der Waals surface area (Å²) < 4.78 is 5.87. The molecule has 0 bridgehead atoms. The van der Waals surface area contributed by atoms with E-state index in [0.29, 0.717) is 6.42 Å². The Morgan fingerprint density at radius 3 is 2.06 bits per heavy atom. The van der Waals surface area contributed by atoms with Gasteiger partial charge in [0, 0.05) is 5.92 Å². The second-order valence-electron chi connectivity index (χ2n) is 6.51. The third-order valence-electron chi connectivity index (χ3n) is 3.83. The lowest BCUT2D eigenvalue weighted by molar-refractivity contribution is -0.182. The highest BCUT2D eigenvalue weighted by atomic mass is 16.5. The van der Waals surface area contributed by atoms with Crippen LogP contribution in [0, 0.1) is 11.8 Å². The lowest BCUT2D eigenvalue weighted by Crippen LogP contribution is -2.55. The maximum atomic E-state index is 11.4. The summed E-state index contributed by atoms with van der Waals surface area (Å²) in [5.41, 5.74) is -2.77. The smallest absolute Gasteiger partial charge is 0.336 e. The molecule has 0 spiro atoms. The van der Waals surface area contributed by atoms with Crippen LogP contribution in [0.5, 0.6) is 0 Å². The van der Waals surface area contributed by atoms with Gasteiger partial charge in [-0.1, -0.05) is 13.8 Å². The van der Waals surface area contributed by atoms with Gasteiger partial charge in [0.15, 0.2) is 5.60 Å². The van der Waals surface area contributed by atoms with Gasteiger partial charge in [0.2, 0.25) is 0 Å². The predicted molar refractivity (Wildman–Crippen MR) is 64.8 cm³/mol. The summed E-state index contributed by atoms with van der Waals surface area (Å²) in [5.74, 6) is -1.93. The number of hydrogen-bond acceptors (Lipinski definition) is 3. The van der Waals surface area contributed by atoms with E-state index in [-0.39, 0.29) is 5.92 Å². The molecule has 2 unspecified atom stereocenters. The van der Waals surface area contributed by atoms with Gasteiger partial charge >= 0.3 is 5.97 Å². The van der Waals surface area contributed by atoms with Crippen LogP contribution in [0.4, 0.5) is 0 Å². The molecule has 4 nitrogen and oxygen atoms in total. The number of carboxylic acids is 1. The number of carbonyl (C=O) groups is 1. The molecule has 0 aliphatic carbocycles. The highest BCUT2D eigenvalue weighted by Crippen LogP contribution is 2.49. The highest BCUT2D eigenvalue weighted by Gasteiger charge is 2.59. The van der Waals surface area contributed by atoms with E-state index in [0.717, 1.165) is 0 Å². The van der Waals surface area contributed by atoms with E-state index in [1.54, 1.807) is 13.8 Å². The van der Waals surface area contributed by atoms with E-state index in [4.69, 9.17) is 4.74 Å². The van der Waals surface area contributed by atoms with Crippen LogP contribution in [0.1, 0.15) is 48.0 Å². The first-order valence-corrected chi connectivity index (χ1v) is 6.09. The summed E-state index contributed by atoms with van der Waals surface area (Å²) in [4.78, 5) is 11.4. The maximum Gasteiger partial charge on any atom is 0.336 e. The molecule has 0 aromatic carbocycles. The largest absolute Gasteiger partial charge is 0.479 e. The monoisotopic (exact) mass is 244 g/mol. The van der Waals surface area contributed by atoms with Crippen LogP contribution < -0.4 is 0 Å². The van der Waals surface area contributed by atoms with E-state index < -0.39 is 28.7 Å². The summed E-state index contributed by atoms with van der Waals surface area (Å²) in [5, 5.41) is 19.9. The SMILES string of the molecule is CC(C)C(O)(C(=O)O)C1CC(C)(C)OC1(C)C. The van der Waals surface area contributed by atoms with Gasteiger partial charge in [0.1, 0.15) is 0 Å². The first-order valence-electron chi connectivity index (χ1n) is 6.09.